The fourth-order valence-corrected chi connectivity index (χ4v) is 2.35. The Morgan fingerprint density at radius 2 is 2.04 bits per heavy atom. The third-order valence-electron chi connectivity index (χ3n) is 3.67. The summed E-state index contributed by atoms with van der Waals surface area (Å²) in [5.74, 6) is -0.0590. The maximum atomic E-state index is 12.0. The van der Waals surface area contributed by atoms with Crippen LogP contribution in [0.3, 0.4) is 0 Å². The SMILES string of the molecule is CC(C)COC(=O)c1ccc(Nc2ncnc(-n3ccnc3)c2[N+](=O)[O-])cc1. The molecule has 0 unspecified atom stereocenters. The molecule has 1 aromatic carbocycles. The minimum atomic E-state index is -0.560. The minimum Gasteiger partial charge on any atom is -0.462 e. The van der Waals surface area contributed by atoms with Crippen LogP contribution in [0, 0.1) is 16.0 Å². The molecule has 3 aromatic rings. The van der Waals surface area contributed by atoms with Gasteiger partial charge in [-0.3, -0.25) is 14.7 Å². The molecule has 3 rings (SSSR count). The highest BCUT2D eigenvalue weighted by molar-refractivity contribution is 5.90. The lowest BCUT2D eigenvalue weighted by Crippen LogP contribution is -2.10. The molecular weight excluding hydrogens is 364 g/mol. The van der Waals surface area contributed by atoms with E-state index in [4.69, 9.17) is 4.74 Å². The number of carbonyl (C=O) groups excluding carboxylic acids is 1. The van der Waals surface area contributed by atoms with Crippen molar-refractivity contribution in [3.05, 3.63) is 65.0 Å². The number of esters is 1. The number of carbonyl (C=O) groups is 1. The molecule has 0 radical (unpaired) electrons. The molecule has 0 aliphatic rings. The highest BCUT2D eigenvalue weighted by Gasteiger charge is 2.24. The summed E-state index contributed by atoms with van der Waals surface area (Å²) in [4.78, 5) is 34.9. The van der Waals surface area contributed by atoms with Gasteiger partial charge in [0.1, 0.15) is 12.7 Å². The lowest BCUT2D eigenvalue weighted by atomic mass is 10.2. The third kappa shape index (κ3) is 4.29. The Balaban J connectivity index is 1.83. The number of benzene rings is 1. The van der Waals surface area contributed by atoms with Crippen molar-refractivity contribution in [3.8, 4) is 5.82 Å². The molecule has 1 N–H and O–H groups in total. The second-order valence-corrected chi connectivity index (χ2v) is 6.32. The van der Waals surface area contributed by atoms with Gasteiger partial charge >= 0.3 is 11.7 Å². The van der Waals surface area contributed by atoms with E-state index in [1.807, 2.05) is 13.8 Å². The van der Waals surface area contributed by atoms with Crippen molar-refractivity contribution in [2.24, 2.45) is 5.92 Å². The molecule has 0 saturated heterocycles. The largest absolute Gasteiger partial charge is 0.462 e. The van der Waals surface area contributed by atoms with Crippen LogP contribution >= 0.6 is 0 Å². The van der Waals surface area contributed by atoms with Crippen LogP contribution in [0.15, 0.2) is 49.3 Å². The average Bonchev–Trinajstić information content (AvgIpc) is 3.21. The molecule has 10 nitrogen and oxygen atoms in total. The van der Waals surface area contributed by atoms with E-state index in [-0.39, 0.29) is 23.2 Å². The van der Waals surface area contributed by atoms with Gasteiger partial charge in [0, 0.05) is 18.1 Å². The van der Waals surface area contributed by atoms with Gasteiger partial charge in [0.05, 0.1) is 17.1 Å². The number of rotatable bonds is 7. The molecule has 0 aliphatic carbocycles. The van der Waals surface area contributed by atoms with Gasteiger partial charge < -0.3 is 10.1 Å². The first kappa shape index (κ1) is 19.0. The monoisotopic (exact) mass is 382 g/mol. The zero-order chi connectivity index (χ0) is 20.1. The van der Waals surface area contributed by atoms with E-state index in [1.165, 1.54) is 23.4 Å². The van der Waals surface area contributed by atoms with Gasteiger partial charge in [-0.1, -0.05) is 13.8 Å². The fraction of sp³-hybridized carbons (Fsp3) is 0.222. The van der Waals surface area contributed by atoms with Crippen LogP contribution in [-0.4, -0.2) is 37.0 Å². The Morgan fingerprint density at radius 3 is 2.64 bits per heavy atom. The standard InChI is InChI=1S/C18H18N6O4/c1-12(2)9-28-18(25)13-3-5-14(6-4-13)22-16-15(24(26)27)17(21-10-20-16)23-8-7-19-11-23/h3-8,10-12H,9H2,1-2H3,(H,20,21,22). The molecule has 0 amide bonds. The van der Waals surface area contributed by atoms with Gasteiger partial charge in [-0.2, -0.15) is 0 Å². The predicted molar refractivity (Wildman–Crippen MR) is 101 cm³/mol. The summed E-state index contributed by atoms with van der Waals surface area (Å²) in [5, 5.41) is 14.5. The van der Waals surface area contributed by atoms with Crippen LogP contribution in [0.25, 0.3) is 5.82 Å². The number of aromatic nitrogens is 4. The zero-order valence-corrected chi connectivity index (χ0v) is 15.3. The Morgan fingerprint density at radius 1 is 1.29 bits per heavy atom. The molecular formula is C18H18N6O4. The maximum Gasteiger partial charge on any atom is 0.354 e. The van der Waals surface area contributed by atoms with Crippen molar-refractivity contribution in [1.29, 1.82) is 0 Å². The van der Waals surface area contributed by atoms with E-state index in [9.17, 15) is 14.9 Å². The topological polar surface area (TPSA) is 125 Å². The van der Waals surface area contributed by atoms with Gasteiger partial charge in [0.2, 0.25) is 11.6 Å². The van der Waals surface area contributed by atoms with Gasteiger partial charge in [-0.15, -0.1) is 0 Å². The van der Waals surface area contributed by atoms with Crippen molar-refractivity contribution < 1.29 is 14.5 Å². The van der Waals surface area contributed by atoms with Crippen molar-refractivity contribution in [1.82, 2.24) is 19.5 Å². The Bertz CT molecular complexity index is 970. The normalized spacial score (nSPS) is 10.7. The van der Waals surface area contributed by atoms with Crippen LogP contribution in [0.2, 0.25) is 0 Å². The van der Waals surface area contributed by atoms with Crippen LogP contribution in [0.1, 0.15) is 24.2 Å². The number of anilines is 2. The summed E-state index contributed by atoms with van der Waals surface area (Å²) in [7, 11) is 0. The number of hydrogen-bond acceptors (Lipinski definition) is 8. The van der Waals surface area contributed by atoms with E-state index in [0.29, 0.717) is 17.9 Å². The highest BCUT2D eigenvalue weighted by Crippen LogP contribution is 2.30. The second kappa shape index (κ2) is 8.25. The van der Waals surface area contributed by atoms with E-state index in [0.717, 1.165) is 0 Å². The van der Waals surface area contributed by atoms with E-state index < -0.39 is 10.9 Å². The first-order chi connectivity index (χ1) is 13.5. The van der Waals surface area contributed by atoms with Crippen molar-refractivity contribution in [3.63, 3.8) is 0 Å². The predicted octanol–water partition coefficient (Wildman–Crippen LogP) is 3.13. The van der Waals surface area contributed by atoms with Crippen LogP contribution < -0.4 is 5.32 Å². The summed E-state index contributed by atoms with van der Waals surface area (Å²) >= 11 is 0. The second-order valence-electron chi connectivity index (χ2n) is 6.32. The van der Waals surface area contributed by atoms with Crippen LogP contribution in [0.4, 0.5) is 17.2 Å². The van der Waals surface area contributed by atoms with Crippen LogP contribution in [-0.2, 0) is 4.74 Å². The number of imidazole rings is 1. The first-order valence-electron chi connectivity index (χ1n) is 8.47. The molecule has 0 atom stereocenters. The summed E-state index contributed by atoms with van der Waals surface area (Å²) in [6, 6.07) is 6.40. The summed E-state index contributed by atoms with van der Waals surface area (Å²) in [6.07, 6.45) is 5.69. The quantitative estimate of drug-likeness (QED) is 0.375. The number of nitro groups is 1. The van der Waals surface area contributed by atoms with E-state index in [2.05, 4.69) is 20.3 Å². The summed E-state index contributed by atoms with van der Waals surface area (Å²) < 4.78 is 6.61. The molecule has 0 spiro atoms. The Kier molecular flexibility index (Phi) is 5.58. The molecule has 144 valence electrons. The van der Waals surface area contributed by atoms with E-state index in [1.54, 1.807) is 30.5 Å². The van der Waals surface area contributed by atoms with Crippen molar-refractivity contribution in [2.75, 3.05) is 11.9 Å². The van der Waals surface area contributed by atoms with Crippen molar-refractivity contribution in [2.45, 2.75) is 13.8 Å². The number of nitrogens with one attached hydrogen (secondary N) is 1. The zero-order valence-electron chi connectivity index (χ0n) is 15.3. The first-order valence-corrected chi connectivity index (χ1v) is 8.47. The third-order valence-corrected chi connectivity index (χ3v) is 3.67. The van der Waals surface area contributed by atoms with Crippen molar-refractivity contribution >= 4 is 23.2 Å². The average molecular weight is 382 g/mol. The van der Waals surface area contributed by atoms with Gasteiger partial charge in [0.15, 0.2) is 0 Å². The van der Waals surface area contributed by atoms with Crippen LogP contribution in [0.5, 0.6) is 0 Å². The Hall–Kier alpha value is -3.82. The molecule has 0 bridgehead atoms. The molecule has 0 saturated carbocycles. The van der Waals surface area contributed by atoms with Gasteiger partial charge in [0.25, 0.3) is 0 Å². The van der Waals surface area contributed by atoms with E-state index >= 15 is 0 Å². The Labute approximate surface area is 160 Å². The molecule has 2 heterocycles. The molecule has 10 heteroatoms. The maximum absolute atomic E-state index is 12.0. The minimum absolute atomic E-state index is 0.0267. The van der Waals surface area contributed by atoms with Gasteiger partial charge in [-0.25, -0.2) is 19.7 Å². The molecule has 0 aliphatic heterocycles. The molecule has 0 fully saturated rings. The summed E-state index contributed by atoms with van der Waals surface area (Å²) in [5.41, 5.74) is 0.627. The number of ether oxygens (including phenoxy) is 1. The smallest absolute Gasteiger partial charge is 0.354 e. The lowest BCUT2D eigenvalue weighted by Gasteiger charge is -2.10. The molecule has 28 heavy (non-hydrogen) atoms. The highest BCUT2D eigenvalue weighted by atomic mass is 16.6. The number of nitrogens with zero attached hydrogens (tertiary/aromatic N) is 5. The number of hydrogen-bond donors (Lipinski definition) is 1. The van der Waals surface area contributed by atoms with Gasteiger partial charge in [-0.05, 0) is 30.2 Å². The summed E-state index contributed by atoms with van der Waals surface area (Å²) in [6.45, 7) is 4.24. The lowest BCUT2D eigenvalue weighted by molar-refractivity contribution is -0.384. The molecule has 2 aromatic heterocycles. The fourth-order valence-electron chi connectivity index (χ4n) is 2.35.